The van der Waals surface area contributed by atoms with Crippen molar-refractivity contribution in [2.75, 3.05) is 33.3 Å². The fourth-order valence-corrected chi connectivity index (χ4v) is 5.92. The monoisotopic (exact) mass is 664 g/mol. The number of methoxy groups -OCH3 is 4. The lowest BCUT2D eigenvalue weighted by Gasteiger charge is -2.36. The third-order valence-electron chi connectivity index (χ3n) is 8.53. The van der Waals surface area contributed by atoms with E-state index in [1.807, 2.05) is 48.2 Å². The van der Waals surface area contributed by atoms with Crippen LogP contribution in [0.25, 0.3) is 5.65 Å². The zero-order chi connectivity index (χ0) is 34.4. The van der Waals surface area contributed by atoms with E-state index >= 15 is 0 Å². The van der Waals surface area contributed by atoms with E-state index in [2.05, 4.69) is 6.92 Å². The van der Waals surface area contributed by atoms with Gasteiger partial charge < -0.3 is 44.2 Å². The second kappa shape index (κ2) is 15.3. The van der Waals surface area contributed by atoms with Crippen molar-refractivity contribution in [3.63, 3.8) is 0 Å². The highest BCUT2D eigenvalue weighted by Crippen LogP contribution is 2.40. The van der Waals surface area contributed by atoms with Gasteiger partial charge in [0.05, 0.1) is 46.4 Å². The van der Waals surface area contributed by atoms with Crippen LogP contribution in [0.1, 0.15) is 62.5 Å². The molecule has 0 radical (unpaired) electrons. The molecule has 1 aliphatic rings. The molecule has 0 spiro atoms. The number of ether oxygens (including phenoxy) is 6. The molecule has 1 aliphatic carbocycles. The summed E-state index contributed by atoms with van der Waals surface area (Å²) in [4.78, 5) is 22.9. The molecular formula is C34H44N6O8. The van der Waals surface area contributed by atoms with E-state index in [0.29, 0.717) is 66.1 Å². The number of hydrogen-bond donors (Lipinski definition) is 2. The number of nitrogens with two attached hydrogens (primary N) is 1. The Morgan fingerprint density at radius 1 is 1.00 bits per heavy atom. The summed E-state index contributed by atoms with van der Waals surface area (Å²) in [5.74, 6) is 2.89. The van der Waals surface area contributed by atoms with Gasteiger partial charge in [-0.05, 0) is 56.4 Å². The Balaban J connectivity index is 1.62. The Kier molecular flexibility index (Phi) is 10.9. The van der Waals surface area contributed by atoms with E-state index in [9.17, 15) is 9.90 Å². The molecule has 0 bridgehead atoms. The van der Waals surface area contributed by atoms with Crippen LogP contribution in [0.2, 0.25) is 0 Å². The SMILES string of the molecule is CCC[C@H](C)Oc1nc(N(Cc2ccc(OC)cc2OC)Cc2ccc(OC)cc2OC)c2ncc([C@@H](O)C3CC(OC(N)=O)C3)n2n1. The number of aliphatic hydroxyl groups is 1. The summed E-state index contributed by atoms with van der Waals surface area (Å²) in [7, 11) is 6.43. The van der Waals surface area contributed by atoms with Crippen molar-refractivity contribution >= 4 is 17.6 Å². The first-order valence-corrected chi connectivity index (χ1v) is 15.9. The normalized spacial score (nSPS) is 16.8. The molecule has 5 rings (SSSR count). The quantitative estimate of drug-likeness (QED) is 0.168. The summed E-state index contributed by atoms with van der Waals surface area (Å²) in [5, 5.41) is 16.2. The molecular weight excluding hydrogens is 620 g/mol. The van der Waals surface area contributed by atoms with Crippen LogP contribution >= 0.6 is 0 Å². The minimum Gasteiger partial charge on any atom is -0.497 e. The lowest BCUT2D eigenvalue weighted by molar-refractivity contribution is -0.0371. The van der Waals surface area contributed by atoms with Crippen LogP contribution in [0.3, 0.4) is 0 Å². The van der Waals surface area contributed by atoms with Gasteiger partial charge in [0, 0.05) is 36.3 Å². The van der Waals surface area contributed by atoms with Crippen molar-refractivity contribution in [1.29, 1.82) is 0 Å². The fourth-order valence-electron chi connectivity index (χ4n) is 5.92. The number of benzene rings is 2. The molecule has 2 aromatic heterocycles. The maximum absolute atomic E-state index is 11.5. The van der Waals surface area contributed by atoms with Gasteiger partial charge in [-0.3, -0.25) is 0 Å². The molecule has 4 aromatic rings. The number of amides is 1. The smallest absolute Gasteiger partial charge is 0.404 e. The maximum Gasteiger partial charge on any atom is 0.404 e. The van der Waals surface area contributed by atoms with Gasteiger partial charge in [-0.2, -0.15) is 4.98 Å². The number of aromatic nitrogens is 4. The number of imidazole rings is 1. The van der Waals surface area contributed by atoms with Crippen molar-refractivity contribution < 1.29 is 38.3 Å². The fraction of sp³-hybridized carbons (Fsp3) is 0.471. The first kappa shape index (κ1) is 34.4. The number of hydrogen-bond acceptors (Lipinski definition) is 12. The van der Waals surface area contributed by atoms with Gasteiger partial charge >= 0.3 is 12.1 Å². The molecule has 14 heteroatoms. The molecule has 1 saturated carbocycles. The highest BCUT2D eigenvalue weighted by Gasteiger charge is 2.39. The van der Waals surface area contributed by atoms with Crippen LogP contribution in [0.5, 0.6) is 29.0 Å². The summed E-state index contributed by atoms with van der Waals surface area (Å²) in [6, 6.07) is 11.4. The van der Waals surface area contributed by atoms with E-state index in [0.717, 1.165) is 24.0 Å². The molecule has 0 saturated heterocycles. The Morgan fingerprint density at radius 3 is 2.12 bits per heavy atom. The first-order valence-electron chi connectivity index (χ1n) is 15.9. The molecule has 2 heterocycles. The third kappa shape index (κ3) is 7.59. The standard InChI is InChI=1S/C34H44N6O8/c1-7-8-20(2)47-34-37-32(31-36-17-27(40(31)38-34)30(41)23-13-26(14-23)48-33(35)42)39(18-21-9-11-24(43-3)15-28(21)45-5)19-22-10-12-25(44-4)16-29(22)46-6/h9-12,15-17,20,23,26,30,41H,7-8,13-14,18-19H2,1-6H3,(H2,35,42)/t20-,23?,26?,30-/m0/s1. The molecule has 0 unspecified atom stereocenters. The van der Waals surface area contributed by atoms with Gasteiger partial charge in [0.2, 0.25) is 0 Å². The van der Waals surface area contributed by atoms with Crippen LogP contribution in [0.15, 0.2) is 42.6 Å². The first-order chi connectivity index (χ1) is 23.2. The van der Waals surface area contributed by atoms with Crippen molar-refractivity contribution in [3.05, 3.63) is 59.4 Å². The lowest BCUT2D eigenvalue weighted by atomic mass is 9.77. The Bertz CT molecular complexity index is 1650. The summed E-state index contributed by atoms with van der Waals surface area (Å²) in [5.41, 5.74) is 7.81. The third-order valence-corrected chi connectivity index (χ3v) is 8.53. The van der Waals surface area contributed by atoms with Crippen molar-refractivity contribution in [3.8, 4) is 29.0 Å². The summed E-state index contributed by atoms with van der Waals surface area (Å²) < 4.78 is 35.3. The maximum atomic E-state index is 11.5. The van der Waals surface area contributed by atoms with Crippen LogP contribution in [0, 0.1) is 5.92 Å². The van der Waals surface area contributed by atoms with Crippen LogP contribution in [-0.2, 0) is 17.8 Å². The largest absolute Gasteiger partial charge is 0.497 e. The predicted octanol–water partition coefficient (Wildman–Crippen LogP) is 4.84. The minimum atomic E-state index is -0.937. The van der Waals surface area contributed by atoms with Crippen molar-refractivity contribution in [1.82, 2.24) is 19.6 Å². The zero-order valence-electron chi connectivity index (χ0n) is 28.2. The van der Waals surface area contributed by atoms with E-state index < -0.39 is 12.2 Å². The van der Waals surface area contributed by atoms with Gasteiger partial charge in [0.25, 0.3) is 0 Å². The highest BCUT2D eigenvalue weighted by molar-refractivity contribution is 5.66. The summed E-state index contributed by atoms with van der Waals surface area (Å²) in [6.07, 6.45) is 1.98. The number of rotatable bonds is 16. The van der Waals surface area contributed by atoms with E-state index in [4.69, 9.17) is 49.2 Å². The average Bonchev–Trinajstić information content (AvgIpc) is 3.49. The van der Waals surface area contributed by atoms with Crippen molar-refractivity contribution in [2.24, 2.45) is 11.7 Å². The molecule has 3 N–H and O–H groups in total. The molecule has 2 aromatic carbocycles. The second-order valence-corrected chi connectivity index (χ2v) is 11.8. The number of anilines is 1. The highest BCUT2D eigenvalue weighted by atomic mass is 16.6. The minimum absolute atomic E-state index is 0.141. The zero-order valence-corrected chi connectivity index (χ0v) is 28.2. The molecule has 2 atom stereocenters. The Morgan fingerprint density at radius 2 is 1.60 bits per heavy atom. The molecule has 1 fully saturated rings. The molecule has 48 heavy (non-hydrogen) atoms. The number of aliphatic hydroxyl groups excluding tert-OH is 1. The molecule has 258 valence electrons. The predicted molar refractivity (Wildman–Crippen MR) is 177 cm³/mol. The number of nitrogens with zero attached hydrogens (tertiary/aromatic N) is 5. The molecule has 14 nitrogen and oxygen atoms in total. The topological polar surface area (TPSA) is 165 Å². The van der Waals surface area contributed by atoms with Gasteiger partial charge in [0.1, 0.15) is 35.2 Å². The van der Waals surface area contributed by atoms with Gasteiger partial charge in [-0.15, -0.1) is 5.10 Å². The molecule has 0 aliphatic heterocycles. The number of carbonyl (C=O) groups excluding carboxylic acids is 1. The van der Waals surface area contributed by atoms with Crippen LogP contribution in [0.4, 0.5) is 10.6 Å². The average molecular weight is 665 g/mol. The second-order valence-electron chi connectivity index (χ2n) is 11.8. The number of fused-ring (bicyclic) bond motifs is 1. The lowest BCUT2D eigenvalue weighted by Crippen LogP contribution is -2.38. The van der Waals surface area contributed by atoms with Gasteiger partial charge in [0.15, 0.2) is 11.5 Å². The molecule has 1 amide bonds. The van der Waals surface area contributed by atoms with Crippen molar-refractivity contribution in [2.45, 2.75) is 70.9 Å². The van der Waals surface area contributed by atoms with Gasteiger partial charge in [-0.1, -0.05) is 13.3 Å². The van der Waals surface area contributed by atoms with E-state index in [1.165, 1.54) is 0 Å². The Hall–Kier alpha value is -4.98. The van der Waals surface area contributed by atoms with E-state index in [-0.39, 0.29) is 24.1 Å². The summed E-state index contributed by atoms with van der Waals surface area (Å²) in [6.45, 7) is 4.74. The van der Waals surface area contributed by atoms with E-state index in [1.54, 1.807) is 39.2 Å². The summed E-state index contributed by atoms with van der Waals surface area (Å²) >= 11 is 0. The Labute approximate surface area is 279 Å². The van der Waals surface area contributed by atoms with Crippen LogP contribution in [-0.4, -0.2) is 71.4 Å². The number of carbonyl (C=O) groups is 1. The number of primary amides is 1. The van der Waals surface area contributed by atoms with Gasteiger partial charge in [-0.25, -0.2) is 14.3 Å². The van der Waals surface area contributed by atoms with Crippen LogP contribution < -0.4 is 34.3 Å².